The number of benzene rings is 1. The molecule has 0 saturated heterocycles. The Bertz CT molecular complexity index is 611. The molecule has 126 valence electrons. The van der Waals surface area contributed by atoms with Crippen LogP contribution in [0.2, 0.25) is 5.02 Å². The fourth-order valence-corrected chi connectivity index (χ4v) is 3.25. The summed E-state index contributed by atoms with van der Waals surface area (Å²) in [5.74, 6) is 1.74. The Balaban J connectivity index is 1.81. The number of nitrogens with zero attached hydrogens (tertiary/aromatic N) is 1. The highest BCUT2D eigenvalue weighted by atomic mass is 79.9. The van der Waals surface area contributed by atoms with Crippen LogP contribution in [0, 0.1) is 0 Å². The number of rotatable bonds is 9. The number of hydrogen-bond acceptors (Lipinski definition) is 3. The Hall–Kier alpha value is -0.810. The molecule has 1 aromatic heterocycles. The van der Waals surface area contributed by atoms with Crippen molar-refractivity contribution in [3.63, 3.8) is 0 Å². The maximum absolute atomic E-state index is 6.27. The molecule has 0 bridgehead atoms. The molecule has 0 amide bonds. The van der Waals surface area contributed by atoms with Crippen LogP contribution < -0.4 is 5.32 Å². The van der Waals surface area contributed by atoms with Crippen molar-refractivity contribution in [3.8, 4) is 11.3 Å². The van der Waals surface area contributed by atoms with Crippen molar-refractivity contribution < 1.29 is 4.42 Å². The summed E-state index contributed by atoms with van der Waals surface area (Å²) in [7, 11) is 0. The summed E-state index contributed by atoms with van der Waals surface area (Å²) in [5, 5.41) is 4.12. The SMILES string of the molecule is CCN(CC)CCCNCc1ccc(-c2ccc(Br)cc2Cl)o1. The van der Waals surface area contributed by atoms with Crippen molar-refractivity contribution in [2.75, 3.05) is 26.2 Å². The van der Waals surface area contributed by atoms with E-state index < -0.39 is 0 Å². The summed E-state index contributed by atoms with van der Waals surface area (Å²) < 4.78 is 6.85. The van der Waals surface area contributed by atoms with Crippen molar-refractivity contribution in [2.45, 2.75) is 26.8 Å². The Morgan fingerprint density at radius 2 is 1.96 bits per heavy atom. The van der Waals surface area contributed by atoms with Gasteiger partial charge in [0, 0.05) is 10.0 Å². The van der Waals surface area contributed by atoms with Gasteiger partial charge in [-0.25, -0.2) is 0 Å². The minimum atomic E-state index is 0.687. The predicted molar refractivity (Wildman–Crippen MR) is 101 cm³/mol. The quantitative estimate of drug-likeness (QED) is 0.589. The van der Waals surface area contributed by atoms with E-state index in [1.807, 2.05) is 30.3 Å². The Morgan fingerprint density at radius 1 is 1.17 bits per heavy atom. The average molecular weight is 400 g/mol. The lowest BCUT2D eigenvalue weighted by atomic mass is 10.2. The largest absolute Gasteiger partial charge is 0.460 e. The minimum absolute atomic E-state index is 0.687. The zero-order valence-electron chi connectivity index (χ0n) is 13.7. The van der Waals surface area contributed by atoms with E-state index in [-0.39, 0.29) is 0 Å². The minimum Gasteiger partial charge on any atom is -0.460 e. The molecule has 0 atom stereocenters. The molecule has 1 heterocycles. The lowest BCUT2D eigenvalue weighted by molar-refractivity contribution is 0.297. The molecule has 0 saturated carbocycles. The van der Waals surface area contributed by atoms with Crippen LogP contribution in [-0.4, -0.2) is 31.1 Å². The molecular formula is C18H24BrClN2O. The van der Waals surface area contributed by atoms with Crippen LogP contribution in [-0.2, 0) is 6.54 Å². The number of hydrogen-bond donors (Lipinski definition) is 1. The van der Waals surface area contributed by atoms with E-state index in [1.165, 1.54) is 0 Å². The maximum atomic E-state index is 6.27. The number of furan rings is 1. The lowest BCUT2D eigenvalue weighted by Gasteiger charge is -2.17. The van der Waals surface area contributed by atoms with Gasteiger partial charge in [-0.3, -0.25) is 0 Å². The molecule has 2 rings (SSSR count). The molecule has 0 fully saturated rings. The second-order valence-electron chi connectivity index (χ2n) is 5.45. The summed E-state index contributed by atoms with van der Waals surface area (Å²) in [4.78, 5) is 2.43. The molecule has 0 spiro atoms. The smallest absolute Gasteiger partial charge is 0.135 e. The van der Waals surface area contributed by atoms with Gasteiger partial charge < -0.3 is 14.6 Å². The maximum Gasteiger partial charge on any atom is 0.135 e. The third kappa shape index (κ3) is 5.64. The third-order valence-electron chi connectivity index (χ3n) is 3.88. The van der Waals surface area contributed by atoms with Gasteiger partial charge in [0.05, 0.1) is 11.6 Å². The topological polar surface area (TPSA) is 28.4 Å². The van der Waals surface area contributed by atoms with Gasteiger partial charge >= 0.3 is 0 Å². The van der Waals surface area contributed by atoms with Crippen LogP contribution in [0.1, 0.15) is 26.0 Å². The second kappa shape index (κ2) is 9.48. The zero-order valence-corrected chi connectivity index (χ0v) is 16.1. The molecule has 23 heavy (non-hydrogen) atoms. The van der Waals surface area contributed by atoms with E-state index in [2.05, 4.69) is 40.0 Å². The number of nitrogens with one attached hydrogen (secondary N) is 1. The predicted octanol–water partition coefficient (Wildman–Crippen LogP) is 5.18. The van der Waals surface area contributed by atoms with Crippen molar-refractivity contribution in [2.24, 2.45) is 0 Å². The van der Waals surface area contributed by atoms with Gasteiger partial charge in [0.25, 0.3) is 0 Å². The lowest BCUT2D eigenvalue weighted by Crippen LogP contribution is -2.27. The molecule has 0 unspecified atom stereocenters. The van der Waals surface area contributed by atoms with Crippen molar-refractivity contribution in [1.82, 2.24) is 10.2 Å². The molecule has 0 aliphatic rings. The molecule has 5 heteroatoms. The van der Waals surface area contributed by atoms with Crippen molar-refractivity contribution >= 4 is 27.5 Å². The molecular weight excluding hydrogens is 376 g/mol. The monoisotopic (exact) mass is 398 g/mol. The summed E-state index contributed by atoms with van der Waals surface area (Å²) in [6, 6.07) is 9.79. The van der Waals surface area contributed by atoms with Crippen LogP contribution in [0.15, 0.2) is 39.2 Å². The van der Waals surface area contributed by atoms with E-state index in [0.717, 1.165) is 60.7 Å². The van der Waals surface area contributed by atoms with Crippen LogP contribution in [0.25, 0.3) is 11.3 Å². The fraction of sp³-hybridized carbons (Fsp3) is 0.444. The van der Waals surface area contributed by atoms with E-state index in [0.29, 0.717) is 5.02 Å². The Labute approximate surface area is 152 Å². The molecule has 2 aromatic rings. The zero-order chi connectivity index (χ0) is 16.7. The third-order valence-corrected chi connectivity index (χ3v) is 4.69. The van der Waals surface area contributed by atoms with Gasteiger partial charge in [0.15, 0.2) is 0 Å². The van der Waals surface area contributed by atoms with Crippen molar-refractivity contribution in [3.05, 3.63) is 45.6 Å². The highest BCUT2D eigenvalue weighted by Gasteiger charge is 2.09. The van der Waals surface area contributed by atoms with Gasteiger partial charge in [-0.05, 0) is 62.9 Å². The molecule has 1 aromatic carbocycles. The van der Waals surface area contributed by atoms with Gasteiger partial charge in [-0.2, -0.15) is 0 Å². The van der Waals surface area contributed by atoms with E-state index in [1.54, 1.807) is 0 Å². The second-order valence-corrected chi connectivity index (χ2v) is 6.77. The first kappa shape index (κ1) is 18.5. The van der Waals surface area contributed by atoms with Crippen LogP contribution in [0.3, 0.4) is 0 Å². The van der Waals surface area contributed by atoms with Gasteiger partial charge in [-0.1, -0.05) is 41.4 Å². The summed E-state index contributed by atoms with van der Waals surface area (Å²) >= 11 is 9.68. The first-order valence-electron chi connectivity index (χ1n) is 8.11. The van der Waals surface area contributed by atoms with E-state index in [9.17, 15) is 0 Å². The average Bonchev–Trinajstić information content (AvgIpc) is 2.99. The molecule has 0 aliphatic heterocycles. The summed E-state index contributed by atoms with van der Waals surface area (Å²) in [6.07, 6.45) is 1.15. The van der Waals surface area contributed by atoms with Crippen LogP contribution in [0.5, 0.6) is 0 Å². The Morgan fingerprint density at radius 3 is 2.65 bits per heavy atom. The van der Waals surface area contributed by atoms with Gasteiger partial charge in [-0.15, -0.1) is 0 Å². The standard InChI is InChI=1S/C18H24BrClN2O/c1-3-22(4-2)11-5-10-21-13-15-7-9-18(23-15)16-8-6-14(19)12-17(16)20/h6-9,12,21H,3-5,10-11,13H2,1-2H3. The van der Waals surface area contributed by atoms with Gasteiger partial charge in [0.2, 0.25) is 0 Å². The normalized spacial score (nSPS) is 11.3. The molecule has 1 N–H and O–H groups in total. The Kier molecular flexibility index (Phi) is 7.63. The molecule has 3 nitrogen and oxygen atoms in total. The summed E-state index contributed by atoms with van der Waals surface area (Å²) in [6.45, 7) is 9.51. The van der Waals surface area contributed by atoms with Gasteiger partial charge in [0.1, 0.15) is 11.5 Å². The van der Waals surface area contributed by atoms with E-state index in [4.69, 9.17) is 16.0 Å². The highest BCUT2D eigenvalue weighted by Crippen LogP contribution is 2.31. The highest BCUT2D eigenvalue weighted by molar-refractivity contribution is 9.10. The van der Waals surface area contributed by atoms with Crippen LogP contribution >= 0.6 is 27.5 Å². The number of halogens is 2. The first-order chi connectivity index (χ1) is 11.1. The molecule has 0 aliphatic carbocycles. The fourth-order valence-electron chi connectivity index (χ4n) is 2.49. The first-order valence-corrected chi connectivity index (χ1v) is 9.28. The van der Waals surface area contributed by atoms with E-state index >= 15 is 0 Å². The van der Waals surface area contributed by atoms with Crippen LogP contribution in [0.4, 0.5) is 0 Å². The van der Waals surface area contributed by atoms with Crippen molar-refractivity contribution in [1.29, 1.82) is 0 Å². The summed E-state index contributed by atoms with van der Waals surface area (Å²) in [5.41, 5.74) is 0.919. The molecule has 0 radical (unpaired) electrons.